The van der Waals surface area contributed by atoms with Crippen molar-refractivity contribution in [2.45, 2.75) is 9.79 Å². The van der Waals surface area contributed by atoms with Crippen LogP contribution in [0.1, 0.15) is 5.56 Å². The monoisotopic (exact) mass is 288 g/mol. The quantitative estimate of drug-likeness (QED) is 0.478. The highest BCUT2D eigenvalue weighted by molar-refractivity contribution is 7.99. The van der Waals surface area contributed by atoms with E-state index < -0.39 is 4.92 Å². The number of hydrogen-bond acceptors (Lipinski definition) is 5. The van der Waals surface area contributed by atoms with Crippen LogP contribution >= 0.6 is 11.8 Å². The molecule has 0 bridgehead atoms. The second kappa shape index (κ2) is 6.72. The summed E-state index contributed by atoms with van der Waals surface area (Å²) in [6.45, 7) is 0. The topological polar surface area (TPSA) is 64.7 Å². The van der Waals surface area contributed by atoms with Crippen molar-refractivity contribution in [1.29, 1.82) is 0 Å². The maximum Gasteiger partial charge on any atom is 0.283 e. The molecule has 20 heavy (non-hydrogen) atoms. The fourth-order valence-electron chi connectivity index (χ4n) is 1.57. The second-order valence-electron chi connectivity index (χ2n) is 3.82. The first kappa shape index (κ1) is 14.1. The molecular weight excluding hydrogens is 276 g/mol. The molecule has 2 aromatic carbocycles. The third-order valence-electron chi connectivity index (χ3n) is 2.46. The maximum atomic E-state index is 11.2. The number of benzene rings is 2. The first-order chi connectivity index (χ1) is 9.70. The summed E-state index contributed by atoms with van der Waals surface area (Å²) < 4.78 is 0. The largest absolute Gasteiger partial charge is 0.399 e. The zero-order valence-corrected chi connectivity index (χ0v) is 11.5. The summed E-state index contributed by atoms with van der Waals surface area (Å²) in [4.78, 5) is 16.9. The number of hydrogen-bond donors (Lipinski definition) is 0. The van der Waals surface area contributed by atoms with Crippen LogP contribution in [0.25, 0.3) is 0 Å². The summed E-state index contributed by atoms with van der Waals surface area (Å²) in [5.74, 6) is 0. The van der Waals surface area contributed by atoms with E-state index in [0.29, 0.717) is 10.5 Å². The van der Waals surface area contributed by atoms with Crippen LogP contribution in [0, 0.1) is 10.1 Å². The Hall–Kier alpha value is -2.34. The Morgan fingerprint density at radius 2 is 2.00 bits per heavy atom. The average molecular weight is 288 g/mol. The molecule has 0 atom stereocenters. The van der Waals surface area contributed by atoms with Crippen molar-refractivity contribution in [3.8, 4) is 0 Å². The molecule has 0 N–H and O–H groups in total. The minimum atomic E-state index is -0.393. The maximum absolute atomic E-state index is 11.2. The Kier molecular flexibility index (Phi) is 4.73. The summed E-state index contributed by atoms with van der Waals surface area (Å²) in [5.41, 5.74) is 0.676. The summed E-state index contributed by atoms with van der Waals surface area (Å²) in [6, 6.07) is 14.5. The van der Waals surface area contributed by atoms with Crippen molar-refractivity contribution in [3.05, 3.63) is 64.2 Å². The zero-order valence-electron chi connectivity index (χ0n) is 10.7. The zero-order chi connectivity index (χ0) is 14.4. The lowest BCUT2D eigenvalue weighted by atomic mass is 10.2. The minimum Gasteiger partial charge on any atom is -0.399 e. The van der Waals surface area contributed by atoms with Crippen LogP contribution in [0.15, 0.2) is 63.5 Å². The number of nitro benzene ring substituents is 1. The molecule has 6 heteroatoms. The third kappa shape index (κ3) is 3.58. The van der Waals surface area contributed by atoms with Crippen molar-refractivity contribution < 1.29 is 9.76 Å². The molecular formula is C14H12N2O3S. The molecule has 0 aliphatic heterocycles. The second-order valence-corrected chi connectivity index (χ2v) is 4.93. The van der Waals surface area contributed by atoms with Gasteiger partial charge in [0.25, 0.3) is 5.69 Å². The minimum absolute atomic E-state index is 0.0545. The molecule has 0 aliphatic carbocycles. The number of oxime groups is 1. The fourth-order valence-corrected chi connectivity index (χ4v) is 2.49. The summed E-state index contributed by atoms with van der Waals surface area (Å²) in [5, 5.41) is 14.8. The van der Waals surface area contributed by atoms with Gasteiger partial charge in [-0.1, -0.05) is 41.2 Å². The van der Waals surface area contributed by atoms with Gasteiger partial charge < -0.3 is 4.84 Å². The lowest BCUT2D eigenvalue weighted by Gasteiger charge is -2.03. The average Bonchev–Trinajstić information content (AvgIpc) is 2.47. The van der Waals surface area contributed by atoms with Crippen LogP contribution in [0.4, 0.5) is 5.69 Å². The van der Waals surface area contributed by atoms with Crippen LogP contribution in [0.5, 0.6) is 0 Å². The smallest absolute Gasteiger partial charge is 0.283 e. The third-order valence-corrected chi connectivity index (χ3v) is 3.53. The van der Waals surface area contributed by atoms with E-state index in [1.165, 1.54) is 31.2 Å². The van der Waals surface area contributed by atoms with Gasteiger partial charge in [-0.3, -0.25) is 10.1 Å². The van der Waals surface area contributed by atoms with Gasteiger partial charge >= 0.3 is 0 Å². The molecule has 5 nitrogen and oxygen atoms in total. The van der Waals surface area contributed by atoms with Crippen LogP contribution in [0.3, 0.4) is 0 Å². The fraction of sp³-hybridized carbons (Fsp3) is 0.0714. The highest BCUT2D eigenvalue weighted by Crippen LogP contribution is 2.34. The van der Waals surface area contributed by atoms with Crippen molar-refractivity contribution in [3.63, 3.8) is 0 Å². The number of rotatable bonds is 5. The Morgan fingerprint density at radius 3 is 2.65 bits per heavy atom. The predicted molar refractivity (Wildman–Crippen MR) is 78.3 cm³/mol. The Labute approximate surface area is 120 Å². The van der Waals surface area contributed by atoms with Gasteiger partial charge in [0.15, 0.2) is 0 Å². The number of nitrogens with zero attached hydrogens (tertiary/aromatic N) is 2. The Bertz CT molecular complexity index is 630. The van der Waals surface area contributed by atoms with Gasteiger partial charge in [0.05, 0.1) is 16.0 Å². The van der Waals surface area contributed by atoms with E-state index in [-0.39, 0.29) is 5.69 Å². The summed E-state index contributed by atoms with van der Waals surface area (Å²) in [7, 11) is 1.42. The molecule has 2 rings (SSSR count). The molecule has 0 saturated carbocycles. The summed E-state index contributed by atoms with van der Waals surface area (Å²) >= 11 is 1.36. The van der Waals surface area contributed by atoms with E-state index in [2.05, 4.69) is 9.99 Å². The van der Waals surface area contributed by atoms with E-state index in [1.807, 2.05) is 30.3 Å². The molecule has 0 radical (unpaired) electrons. The highest BCUT2D eigenvalue weighted by Gasteiger charge is 2.15. The van der Waals surface area contributed by atoms with Crippen molar-refractivity contribution in [1.82, 2.24) is 0 Å². The number of nitro groups is 1. The lowest BCUT2D eigenvalue weighted by Crippen LogP contribution is -1.93. The van der Waals surface area contributed by atoms with Crippen LogP contribution in [-0.2, 0) is 4.84 Å². The van der Waals surface area contributed by atoms with Crippen molar-refractivity contribution in [2.75, 3.05) is 7.11 Å². The van der Waals surface area contributed by atoms with E-state index in [4.69, 9.17) is 0 Å². The molecule has 0 spiro atoms. The highest BCUT2D eigenvalue weighted by atomic mass is 32.2. The van der Waals surface area contributed by atoms with Crippen molar-refractivity contribution in [2.24, 2.45) is 5.16 Å². The van der Waals surface area contributed by atoms with Crippen LogP contribution < -0.4 is 0 Å². The van der Waals surface area contributed by atoms with E-state index in [0.717, 1.165) is 4.90 Å². The standard InChI is InChI=1S/C14H12N2O3S/c1-19-15-10-11-7-8-14(13(9-11)16(17)18)20-12-5-3-2-4-6-12/h2-10H,1H3. The molecule has 0 heterocycles. The van der Waals surface area contributed by atoms with E-state index in [1.54, 1.807) is 12.1 Å². The normalized spacial score (nSPS) is 10.7. The molecule has 0 fully saturated rings. The Morgan fingerprint density at radius 1 is 1.25 bits per heavy atom. The van der Waals surface area contributed by atoms with Gasteiger partial charge in [-0.05, 0) is 18.2 Å². The molecule has 0 aliphatic rings. The van der Waals surface area contributed by atoms with Crippen LogP contribution in [0.2, 0.25) is 0 Å². The SMILES string of the molecule is CON=Cc1ccc(Sc2ccccc2)c([N+](=O)[O-])c1. The van der Waals surface area contributed by atoms with E-state index in [9.17, 15) is 10.1 Å². The summed E-state index contributed by atoms with van der Waals surface area (Å²) in [6.07, 6.45) is 1.43. The van der Waals surface area contributed by atoms with Crippen molar-refractivity contribution >= 4 is 23.7 Å². The first-order valence-corrected chi connectivity index (χ1v) is 6.60. The van der Waals surface area contributed by atoms with E-state index >= 15 is 0 Å². The molecule has 0 amide bonds. The van der Waals surface area contributed by atoms with Gasteiger partial charge in [-0.2, -0.15) is 0 Å². The van der Waals surface area contributed by atoms with Gasteiger partial charge in [-0.15, -0.1) is 0 Å². The molecule has 2 aromatic rings. The first-order valence-electron chi connectivity index (χ1n) is 5.78. The van der Waals surface area contributed by atoms with Gasteiger partial charge in [0.2, 0.25) is 0 Å². The van der Waals surface area contributed by atoms with Gasteiger partial charge in [-0.25, -0.2) is 0 Å². The van der Waals surface area contributed by atoms with Gasteiger partial charge in [0, 0.05) is 16.5 Å². The van der Waals surface area contributed by atoms with Crippen LogP contribution in [-0.4, -0.2) is 18.2 Å². The van der Waals surface area contributed by atoms with Gasteiger partial charge in [0.1, 0.15) is 7.11 Å². The molecule has 102 valence electrons. The predicted octanol–water partition coefficient (Wildman–Crippen LogP) is 3.73. The Balaban J connectivity index is 2.33. The molecule has 0 saturated heterocycles. The molecule has 0 unspecified atom stereocenters. The lowest BCUT2D eigenvalue weighted by molar-refractivity contribution is -0.387. The molecule has 0 aromatic heterocycles.